The average Bonchev–Trinajstić information content (AvgIpc) is 2.81. The number of nitrogens with zero attached hydrogens (tertiary/aromatic N) is 2. The summed E-state index contributed by atoms with van der Waals surface area (Å²) in [5.74, 6) is 0. The Hall–Kier alpha value is -1.29. The average molecular weight is 293 g/mol. The fourth-order valence-corrected chi connectivity index (χ4v) is 2.53. The summed E-state index contributed by atoms with van der Waals surface area (Å²) in [6, 6.07) is 10.1. The van der Waals surface area contributed by atoms with Crippen molar-refractivity contribution in [2.24, 2.45) is 7.05 Å². The van der Waals surface area contributed by atoms with Gasteiger partial charge in [0.2, 0.25) is 0 Å². The molecule has 3 nitrogen and oxygen atoms in total. The Morgan fingerprint density at radius 1 is 1.20 bits per heavy atom. The molecule has 4 heteroatoms. The molecule has 1 N–H and O–H groups in total. The van der Waals surface area contributed by atoms with Crippen LogP contribution in [0, 0.1) is 0 Å². The summed E-state index contributed by atoms with van der Waals surface area (Å²) in [6.07, 6.45) is 4.97. The molecule has 0 radical (unpaired) electrons. The van der Waals surface area contributed by atoms with Crippen LogP contribution in [0.2, 0.25) is 5.02 Å². The third-order valence-electron chi connectivity index (χ3n) is 3.23. The summed E-state index contributed by atoms with van der Waals surface area (Å²) in [6.45, 7) is 2.82. The van der Waals surface area contributed by atoms with Crippen molar-refractivity contribution in [2.45, 2.75) is 19.5 Å². The molecule has 2 rings (SSSR count). The predicted molar refractivity (Wildman–Crippen MR) is 82.7 cm³/mol. The van der Waals surface area contributed by atoms with Crippen molar-refractivity contribution in [3.63, 3.8) is 0 Å². The summed E-state index contributed by atoms with van der Waals surface area (Å²) in [7, 11) is 2.03. The molecule has 20 heavy (non-hydrogen) atoms. The van der Waals surface area contributed by atoms with E-state index in [1.54, 1.807) is 0 Å². The van der Waals surface area contributed by atoms with Crippen LogP contribution >= 0.6 is 11.6 Å². The lowest BCUT2D eigenvalue weighted by atomic mass is 10.2. The van der Waals surface area contributed by atoms with Crippen LogP contribution in [0.3, 0.4) is 0 Å². The first-order valence-corrected chi connectivity index (χ1v) is 7.23. The van der Waals surface area contributed by atoms with Gasteiger partial charge in [0.15, 0.2) is 0 Å². The number of aliphatic hydroxyl groups excluding tert-OH is 1. The van der Waals surface area contributed by atoms with Gasteiger partial charge in [0, 0.05) is 50.7 Å². The van der Waals surface area contributed by atoms with E-state index in [2.05, 4.69) is 34.0 Å². The Morgan fingerprint density at radius 3 is 2.65 bits per heavy atom. The molecule has 0 aliphatic heterocycles. The largest absolute Gasteiger partial charge is 0.396 e. The van der Waals surface area contributed by atoms with Crippen LogP contribution in [0.15, 0.2) is 42.7 Å². The first-order chi connectivity index (χ1) is 9.67. The quantitative estimate of drug-likeness (QED) is 0.849. The summed E-state index contributed by atoms with van der Waals surface area (Å²) in [5, 5.41) is 9.81. The van der Waals surface area contributed by atoms with E-state index < -0.39 is 0 Å². The molecule has 1 aromatic carbocycles. The maximum atomic E-state index is 9.04. The molecule has 108 valence electrons. The van der Waals surface area contributed by atoms with Crippen LogP contribution in [-0.2, 0) is 20.1 Å². The predicted octanol–water partition coefficient (Wildman–Crippen LogP) is 3.06. The lowest BCUT2D eigenvalue weighted by Gasteiger charge is -2.21. The molecule has 0 bridgehead atoms. The standard InChI is InChI=1S/C16H21ClN2O/c1-18-8-6-15(11-18)13-19(7-3-9-20)12-14-4-2-5-16(17)10-14/h2,4-6,8,10-11,20H,3,7,9,12-13H2,1H3. The third-order valence-corrected chi connectivity index (χ3v) is 3.46. The zero-order chi connectivity index (χ0) is 14.4. The highest BCUT2D eigenvalue weighted by Crippen LogP contribution is 2.15. The number of aromatic nitrogens is 1. The van der Waals surface area contributed by atoms with Crippen molar-refractivity contribution >= 4 is 11.6 Å². The molecule has 0 aliphatic carbocycles. The molecular formula is C16H21ClN2O. The molecule has 1 heterocycles. The maximum Gasteiger partial charge on any atom is 0.0443 e. The molecule has 0 saturated heterocycles. The molecule has 1 aromatic heterocycles. The van der Waals surface area contributed by atoms with Gasteiger partial charge in [0.1, 0.15) is 0 Å². The van der Waals surface area contributed by atoms with E-state index in [1.807, 2.05) is 25.2 Å². The Bertz CT molecular complexity index is 539. The minimum absolute atomic E-state index is 0.223. The van der Waals surface area contributed by atoms with Gasteiger partial charge < -0.3 is 9.67 Å². The highest BCUT2D eigenvalue weighted by atomic mass is 35.5. The topological polar surface area (TPSA) is 28.4 Å². The van der Waals surface area contributed by atoms with Gasteiger partial charge in [-0.25, -0.2) is 0 Å². The van der Waals surface area contributed by atoms with Gasteiger partial charge >= 0.3 is 0 Å². The first-order valence-electron chi connectivity index (χ1n) is 6.86. The number of aliphatic hydroxyl groups is 1. The van der Waals surface area contributed by atoms with Gasteiger partial charge in [-0.15, -0.1) is 0 Å². The van der Waals surface area contributed by atoms with Gasteiger partial charge in [0.25, 0.3) is 0 Å². The van der Waals surface area contributed by atoms with Crippen LogP contribution in [0.25, 0.3) is 0 Å². The molecule has 0 spiro atoms. The zero-order valence-electron chi connectivity index (χ0n) is 11.8. The van der Waals surface area contributed by atoms with E-state index in [1.165, 1.54) is 11.1 Å². The van der Waals surface area contributed by atoms with E-state index in [0.717, 1.165) is 31.1 Å². The van der Waals surface area contributed by atoms with Gasteiger partial charge in [-0.05, 0) is 35.7 Å². The fraction of sp³-hybridized carbons (Fsp3) is 0.375. The van der Waals surface area contributed by atoms with Gasteiger partial charge in [-0.3, -0.25) is 4.90 Å². The minimum atomic E-state index is 0.223. The highest BCUT2D eigenvalue weighted by molar-refractivity contribution is 6.30. The molecule has 2 aromatic rings. The van der Waals surface area contributed by atoms with Crippen LogP contribution in [0.1, 0.15) is 17.5 Å². The van der Waals surface area contributed by atoms with Crippen LogP contribution < -0.4 is 0 Å². The lowest BCUT2D eigenvalue weighted by Crippen LogP contribution is -2.24. The number of rotatable bonds is 7. The smallest absolute Gasteiger partial charge is 0.0443 e. The van der Waals surface area contributed by atoms with E-state index in [4.69, 9.17) is 16.7 Å². The Balaban J connectivity index is 2.02. The fourth-order valence-electron chi connectivity index (χ4n) is 2.31. The second-order valence-corrected chi connectivity index (χ2v) is 5.54. The molecule has 0 aliphatic rings. The van der Waals surface area contributed by atoms with Crippen LogP contribution in [-0.4, -0.2) is 27.7 Å². The Kier molecular flexibility index (Phi) is 5.65. The SMILES string of the molecule is Cn1ccc(CN(CCCO)Cc2cccc(Cl)c2)c1. The zero-order valence-corrected chi connectivity index (χ0v) is 12.6. The highest BCUT2D eigenvalue weighted by Gasteiger charge is 2.08. The van der Waals surface area contributed by atoms with Crippen LogP contribution in [0.4, 0.5) is 0 Å². The first kappa shape index (κ1) is 15.1. The third kappa shape index (κ3) is 4.67. The number of benzene rings is 1. The molecular weight excluding hydrogens is 272 g/mol. The number of halogens is 1. The van der Waals surface area contributed by atoms with E-state index in [9.17, 15) is 0 Å². The van der Waals surface area contributed by atoms with E-state index >= 15 is 0 Å². The molecule has 0 saturated carbocycles. The van der Waals surface area contributed by atoms with Crippen molar-refractivity contribution in [1.29, 1.82) is 0 Å². The minimum Gasteiger partial charge on any atom is -0.396 e. The van der Waals surface area contributed by atoms with E-state index in [-0.39, 0.29) is 6.61 Å². The monoisotopic (exact) mass is 292 g/mol. The number of hydrogen-bond donors (Lipinski definition) is 1. The van der Waals surface area contributed by atoms with Gasteiger partial charge in [-0.2, -0.15) is 0 Å². The summed E-state index contributed by atoms with van der Waals surface area (Å²) >= 11 is 6.03. The summed E-state index contributed by atoms with van der Waals surface area (Å²) < 4.78 is 2.05. The second-order valence-electron chi connectivity index (χ2n) is 5.10. The molecule has 0 amide bonds. The Morgan fingerprint density at radius 2 is 2.00 bits per heavy atom. The Labute approximate surface area is 125 Å². The number of aryl methyl sites for hydroxylation is 1. The molecule has 0 fully saturated rings. The van der Waals surface area contributed by atoms with Crippen molar-refractivity contribution in [1.82, 2.24) is 9.47 Å². The van der Waals surface area contributed by atoms with E-state index in [0.29, 0.717) is 0 Å². The van der Waals surface area contributed by atoms with Crippen molar-refractivity contribution < 1.29 is 5.11 Å². The van der Waals surface area contributed by atoms with Crippen LogP contribution in [0.5, 0.6) is 0 Å². The van der Waals surface area contributed by atoms with Crippen molar-refractivity contribution in [3.8, 4) is 0 Å². The maximum absolute atomic E-state index is 9.04. The van der Waals surface area contributed by atoms with Crippen molar-refractivity contribution in [2.75, 3.05) is 13.2 Å². The lowest BCUT2D eigenvalue weighted by molar-refractivity contribution is 0.212. The second kappa shape index (κ2) is 7.48. The molecule has 0 atom stereocenters. The van der Waals surface area contributed by atoms with Crippen molar-refractivity contribution in [3.05, 3.63) is 58.9 Å². The summed E-state index contributed by atoms with van der Waals surface area (Å²) in [4.78, 5) is 2.33. The number of hydrogen-bond acceptors (Lipinski definition) is 2. The summed E-state index contributed by atoms with van der Waals surface area (Å²) in [5.41, 5.74) is 2.49. The normalized spacial score (nSPS) is 11.2. The van der Waals surface area contributed by atoms with Gasteiger partial charge in [0.05, 0.1) is 0 Å². The van der Waals surface area contributed by atoms with Gasteiger partial charge in [-0.1, -0.05) is 23.7 Å². The molecule has 0 unspecified atom stereocenters.